The van der Waals surface area contributed by atoms with E-state index in [0.29, 0.717) is 12.8 Å². The van der Waals surface area contributed by atoms with E-state index in [1.165, 1.54) is 6.07 Å². The molecule has 1 fully saturated rings. The average Bonchev–Trinajstić information content (AvgIpc) is 2.98. The van der Waals surface area contributed by atoms with E-state index in [1.54, 1.807) is 11.4 Å². The van der Waals surface area contributed by atoms with Gasteiger partial charge in [0.05, 0.1) is 6.10 Å². The average molecular weight is 291 g/mol. The summed E-state index contributed by atoms with van der Waals surface area (Å²) in [6.45, 7) is 0.101. The lowest BCUT2D eigenvalue weighted by atomic mass is 10.2. The van der Waals surface area contributed by atoms with Crippen LogP contribution in [0.15, 0.2) is 21.7 Å². The molecule has 1 saturated heterocycles. The molecule has 2 heterocycles. The lowest BCUT2D eigenvalue weighted by molar-refractivity contribution is -0.149. The highest BCUT2D eigenvalue weighted by atomic mass is 32.2. The predicted molar refractivity (Wildman–Crippen MR) is 65.0 cm³/mol. The van der Waals surface area contributed by atoms with E-state index >= 15 is 0 Å². The molecule has 6 nitrogen and oxygen atoms in total. The van der Waals surface area contributed by atoms with Crippen LogP contribution < -0.4 is 4.72 Å². The van der Waals surface area contributed by atoms with Crippen LogP contribution in [0.3, 0.4) is 0 Å². The van der Waals surface area contributed by atoms with Crippen LogP contribution >= 0.6 is 11.3 Å². The zero-order chi connectivity index (χ0) is 13.2. The summed E-state index contributed by atoms with van der Waals surface area (Å²) in [5, 5.41) is 10.4. The minimum Gasteiger partial charge on any atom is -0.479 e. The van der Waals surface area contributed by atoms with Gasteiger partial charge in [0.25, 0.3) is 0 Å². The molecule has 0 aromatic carbocycles. The van der Waals surface area contributed by atoms with Crippen molar-refractivity contribution >= 4 is 27.3 Å². The van der Waals surface area contributed by atoms with Crippen LogP contribution in [0.4, 0.5) is 0 Å². The Hall–Kier alpha value is -0.960. The quantitative estimate of drug-likeness (QED) is 0.831. The molecule has 100 valence electrons. The summed E-state index contributed by atoms with van der Waals surface area (Å²) in [6.07, 6.45) is -0.230. The number of ether oxygens (including phenoxy) is 1. The number of nitrogens with one attached hydrogen (secondary N) is 1. The van der Waals surface area contributed by atoms with Crippen molar-refractivity contribution in [3.05, 3.63) is 17.5 Å². The van der Waals surface area contributed by atoms with Crippen molar-refractivity contribution in [3.63, 3.8) is 0 Å². The van der Waals surface area contributed by atoms with E-state index in [1.807, 2.05) is 0 Å². The predicted octanol–water partition coefficient (Wildman–Crippen LogP) is 0.659. The van der Waals surface area contributed by atoms with Crippen LogP contribution in [0.2, 0.25) is 0 Å². The molecule has 2 N–H and O–H groups in total. The summed E-state index contributed by atoms with van der Waals surface area (Å²) in [5.74, 6) is -1.00. The van der Waals surface area contributed by atoms with Gasteiger partial charge in [0.2, 0.25) is 10.0 Å². The third-order valence-electron chi connectivity index (χ3n) is 2.64. The topological polar surface area (TPSA) is 92.7 Å². The molecule has 2 rings (SSSR count). The molecule has 1 aliphatic heterocycles. The number of sulfonamides is 1. The number of thiophene rings is 1. The second-order valence-electron chi connectivity index (χ2n) is 3.95. The van der Waals surface area contributed by atoms with Crippen molar-refractivity contribution in [2.24, 2.45) is 0 Å². The highest BCUT2D eigenvalue weighted by Gasteiger charge is 2.31. The number of hydrogen-bond donors (Lipinski definition) is 2. The summed E-state index contributed by atoms with van der Waals surface area (Å²) in [7, 11) is -3.50. The Labute approximate surface area is 109 Å². The van der Waals surface area contributed by atoms with Gasteiger partial charge in [0.15, 0.2) is 6.10 Å². The Balaban J connectivity index is 1.88. The fraction of sp³-hybridized carbons (Fsp3) is 0.500. The fourth-order valence-electron chi connectivity index (χ4n) is 1.73. The first-order chi connectivity index (χ1) is 8.49. The molecule has 0 aliphatic carbocycles. The molecule has 0 bridgehead atoms. The first kappa shape index (κ1) is 13.5. The third-order valence-corrected chi connectivity index (χ3v) is 5.46. The number of aliphatic carboxylic acids is 1. The summed E-state index contributed by atoms with van der Waals surface area (Å²) < 4.78 is 31.5. The SMILES string of the molecule is O=C(O)C1CCC(CNS(=O)(=O)c2cccs2)O1. The minimum atomic E-state index is -3.50. The minimum absolute atomic E-state index is 0.101. The Morgan fingerprint density at radius 1 is 1.56 bits per heavy atom. The number of carboxylic acids is 1. The molecule has 0 amide bonds. The van der Waals surface area contributed by atoms with Crippen LogP contribution in [0, 0.1) is 0 Å². The molecule has 1 aromatic heterocycles. The largest absolute Gasteiger partial charge is 0.479 e. The van der Waals surface area contributed by atoms with Gasteiger partial charge in [0.1, 0.15) is 4.21 Å². The van der Waals surface area contributed by atoms with Crippen molar-refractivity contribution < 1.29 is 23.1 Å². The van der Waals surface area contributed by atoms with Crippen molar-refractivity contribution in [1.29, 1.82) is 0 Å². The maximum Gasteiger partial charge on any atom is 0.332 e. The second-order valence-corrected chi connectivity index (χ2v) is 6.89. The summed E-state index contributed by atoms with van der Waals surface area (Å²) >= 11 is 1.13. The second kappa shape index (κ2) is 5.35. The van der Waals surface area contributed by atoms with E-state index in [0.717, 1.165) is 11.3 Å². The molecule has 8 heteroatoms. The van der Waals surface area contributed by atoms with Crippen LogP contribution in [0.5, 0.6) is 0 Å². The van der Waals surface area contributed by atoms with Gasteiger partial charge < -0.3 is 9.84 Å². The van der Waals surface area contributed by atoms with E-state index in [4.69, 9.17) is 9.84 Å². The maximum absolute atomic E-state index is 11.8. The third kappa shape index (κ3) is 3.08. The molecule has 0 saturated carbocycles. The van der Waals surface area contributed by atoms with E-state index in [9.17, 15) is 13.2 Å². The van der Waals surface area contributed by atoms with Gasteiger partial charge in [-0.1, -0.05) is 6.07 Å². The van der Waals surface area contributed by atoms with Crippen LogP contribution in [0.1, 0.15) is 12.8 Å². The van der Waals surface area contributed by atoms with Crippen LogP contribution in [0.25, 0.3) is 0 Å². The fourth-order valence-corrected chi connectivity index (χ4v) is 3.83. The molecule has 2 unspecified atom stereocenters. The standard InChI is InChI=1S/C10H13NO5S2/c12-10(13)8-4-3-7(16-8)6-11-18(14,15)9-2-1-5-17-9/h1-2,5,7-8,11H,3-4,6H2,(H,12,13). The molecule has 18 heavy (non-hydrogen) atoms. The smallest absolute Gasteiger partial charge is 0.332 e. The molecule has 0 spiro atoms. The Morgan fingerprint density at radius 3 is 2.89 bits per heavy atom. The number of rotatable bonds is 5. The molecule has 2 atom stereocenters. The normalized spacial score (nSPS) is 24.2. The molecule has 0 radical (unpaired) electrons. The zero-order valence-electron chi connectivity index (χ0n) is 9.40. The van der Waals surface area contributed by atoms with E-state index in [-0.39, 0.29) is 16.9 Å². The van der Waals surface area contributed by atoms with E-state index in [2.05, 4.69) is 4.72 Å². The molecular weight excluding hydrogens is 278 g/mol. The number of carboxylic acid groups (broad SMARTS) is 1. The highest BCUT2D eigenvalue weighted by molar-refractivity contribution is 7.91. The monoisotopic (exact) mass is 291 g/mol. The first-order valence-corrected chi connectivity index (χ1v) is 7.77. The van der Waals surface area contributed by atoms with Crippen molar-refractivity contribution in [2.75, 3.05) is 6.54 Å². The van der Waals surface area contributed by atoms with Gasteiger partial charge in [-0.05, 0) is 24.3 Å². The van der Waals surface area contributed by atoms with Gasteiger partial charge in [-0.25, -0.2) is 17.9 Å². The van der Waals surface area contributed by atoms with Gasteiger partial charge in [-0.15, -0.1) is 11.3 Å². The summed E-state index contributed by atoms with van der Waals surface area (Å²) in [4.78, 5) is 10.7. The maximum atomic E-state index is 11.8. The Bertz CT molecular complexity index is 510. The van der Waals surface area contributed by atoms with Crippen molar-refractivity contribution in [2.45, 2.75) is 29.3 Å². The molecular formula is C10H13NO5S2. The zero-order valence-corrected chi connectivity index (χ0v) is 11.0. The van der Waals surface area contributed by atoms with Gasteiger partial charge in [-0.2, -0.15) is 0 Å². The lowest BCUT2D eigenvalue weighted by Crippen LogP contribution is -2.32. The van der Waals surface area contributed by atoms with Gasteiger partial charge in [0, 0.05) is 6.54 Å². The van der Waals surface area contributed by atoms with Crippen LogP contribution in [-0.4, -0.2) is 38.2 Å². The Kier molecular flexibility index (Phi) is 4.00. The van der Waals surface area contributed by atoms with Gasteiger partial charge in [-0.3, -0.25) is 0 Å². The first-order valence-electron chi connectivity index (χ1n) is 5.40. The number of hydrogen-bond acceptors (Lipinski definition) is 5. The molecule has 1 aliphatic rings. The number of carbonyl (C=O) groups is 1. The lowest BCUT2D eigenvalue weighted by Gasteiger charge is -2.11. The van der Waals surface area contributed by atoms with Crippen molar-refractivity contribution in [1.82, 2.24) is 4.72 Å². The summed E-state index contributed by atoms with van der Waals surface area (Å²) in [5.41, 5.74) is 0. The van der Waals surface area contributed by atoms with Crippen molar-refractivity contribution in [3.8, 4) is 0 Å². The van der Waals surface area contributed by atoms with Gasteiger partial charge >= 0.3 is 5.97 Å². The Morgan fingerprint density at radius 2 is 2.33 bits per heavy atom. The molecule has 1 aromatic rings. The summed E-state index contributed by atoms with van der Waals surface area (Å²) in [6, 6.07) is 3.17. The highest BCUT2D eigenvalue weighted by Crippen LogP contribution is 2.20. The van der Waals surface area contributed by atoms with E-state index < -0.39 is 22.1 Å². The van der Waals surface area contributed by atoms with Crippen LogP contribution in [-0.2, 0) is 19.6 Å².